The maximum Gasteiger partial charge on any atom is 0.251 e. The number of benzene rings is 2. The number of aromatic nitrogens is 2. The van der Waals surface area contributed by atoms with Crippen molar-refractivity contribution >= 4 is 39.4 Å². The number of halogens is 2. The van der Waals surface area contributed by atoms with E-state index in [1.165, 1.54) is 12.1 Å². The lowest BCUT2D eigenvalue weighted by Gasteiger charge is -2.32. The average molecular weight is 518 g/mol. The van der Waals surface area contributed by atoms with Gasteiger partial charge in [0.1, 0.15) is 11.6 Å². The van der Waals surface area contributed by atoms with E-state index in [-0.39, 0.29) is 17.7 Å². The fourth-order valence-electron chi connectivity index (χ4n) is 5.28. The predicted molar refractivity (Wildman–Crippen MR) is 142 cm³/mol. The molecule has 6 rings (SSSR count). The molecule has 1 aliphatic carbocycles. The van der Waals surface area contributed by atoms with Gasteiger partial charge >= 0.3 is 0 Å². The molecule has 0 spiro atoms. The molecule has 2 fully saturated rings. The summed E-state index contributed by atoms with van der Waals surface area (Å²) in [6, 6.07) is 11.1. The number of piperidine rings is 1. The Morgan fingerprint density at radius 2 is 1.74 bits per heavy atom. The fourth-order valence-corrected chi connectivity index (χ4v) is 5.28. The van der Waals surface area contributed by atoms with Crippen LogP contribution in [0.2, 0.25) is 0 Å². The van der Waals surface area contributed by atoms with Gasteiger partial charge in [-0.1, -0.05) is 6.07 Å². The molecule has 1 saturated carbocycles. The number of hydrogen-bond donors (Lipinski definition) is 3. The number of carbonyl (C=O) groups excluding carboxylic acids is 2. The van der Waals surface area contributed by atoms with Gasteiger partial charge in [0.15, 0.2) is 5.82 Å². The minimum absolute atomic E-state index is 0.00239. The second kappa shape index (κ2) is 10.1. The molecule has 1 aliphatic heterocycles. The molecule has 9 heteroatoms. The number of carbonyl (C=O) groups is 2. The van der Waals surface area contributed by atoms with Crippen LogP contribution in [-0.2, 0) is 11.3 Å². The summed E-state index contributed by atoms with van der Waals surface area (Å²) in [6.45, 7) is 2.72. The number of nitrogens with one attached hydrogen (secondary N) is 3. The maximum absolute atomic E-state index is 13.5. The summed E-state index contributed by atoms with van der Waals surface area (Å²) in [5, 5.41) is 7.90. The van der Waals surface area contributed by atoms with Crippen LogP contribution in [0.3, 0.4) is 0 Å². The first-order valence-corrected chi connectivity index (χ1v) is 13.1. The number of H-pyrrole nitrogens is 1. The van der Waals surface area contributed by atoms with Crippen LogP contribution in [0, 0.1) is 23.5 Å². The third kappa shape index (κ3) is 5.24. The van der Waals surface area contributed by atoms with Crippen LogP contribution < -0.4 is 10.6 Å². The number of amides is 2. The van der Waals surface area contributed by atoms with Gasteiger partial charge in [0.25, 0.3) is 5.91 Å². The quantitative estimate of drug-likeness (QED) is 0.322. The van der Waals surface area contributed by atoms with Crippen LogP contribution in [0.15, 0.2) is 48.7 Å². The Hall–Kier alpha value is -3.85. The van der Waals surface area contributed by atoms with E-state index in [4.69, 9.17) is 0 Å². The van der Waals surface area contributed by atoms with Crippen LogP contribution in [0.4, 0.5) is 14.6 Å². The standard InChI is InChI=1S/C29H29F2N5O2/c30-21-11-18(12-22(31)14-21)16-36-9-6-17(7-10-36)15-33-28(37)20-3-4-23-24-5-8-32-27(26(24)34-25(23)13-20)35-29(38)19-1-2-19/h3-5,8,11-14,17,19,34H,1-2,6-7,9-10,15-16H2,(H,33,37)(H,32,35,38). The van der Waals surface area contributed by atoms with Crippen molar-refractivity contribution in [1.82, 2.24) is 20.2 Å². The molecule has 3 heterocycles. The summed E-state index contributed by atoms with van der Waals surface area (Å²) >= 11 is 0. The fraction of sp³-hybridized carbons (Fsp3) is 0.345. The lowest BCUT2D eigenvalue weighted by atomic mass is 9.96. The Bertz CT molecular complexity index is 1500. The van der Waals surface area contributed by atoms with E-state index in [9.17, 15) is 18.4 Å². The molecule has 2 aromatic carbocycles. The number of anilines is 1. The van der Waals surface area contributed by atoms with Crippen molar-refractivity contribution in [3.05, 3.63) is 71.4 Å². The summed E-state index contributed by atoms with van der Waals surface area (Å²) in [6.07, 6.45) is 5.33. The predicted octanol–water partition coefficient (Wildman–Crippen LogP) is 4.98. The summed E-state index contributed by atoms with van der Waals surface area (Å²) in [5.41, 5.74) is 2.76. The average Bonchev–Trinajstić information content (AvgIpc) is 3.68. The Morgan fingerprint density at radius 1 is 0.974 bits per heavy atom. The minimum atomic E-state index is -0.555. The van der Waals surface area contributed by atoms with Gasteiger partial charge in [0.2, 0.25) is 5.91 Å². The molecule has 0 radical (unpaired) electrons. The largest absolute Gasteiger partial charge is 0.352 e. The Kier molecular flexibility index (Phi) is 6.53. The van der Waals surface area contributed by atoms with Crippen LogP contribution in [0.5, 0.6) is 0 Å². The number of nitrogens with zero attached hydrogens (tertiary/aromatic N) is 2. The van der Waals surface area contributed by atoms with Crippen molar-refractivity contribution in [3.8, 4) is 0 Å². The van der Waals surface area contributed by atoms with Crippen molar-refractivity contribution in [2.75, 3.05) is 25.0 Å². The summed E-state index contributed by atoms with van der Waals surface area (Å²) in [5.74, 6) is -0.310. The summed E-state index contributed by atoms with van der Waals surface area (Å²) in [4.78, 5) is 35.1. The van der Waals surface area contributed by atoms with Crippen LogP contribution >= 0.6 is 0 Å². The lowest BCUT2D eigenvalue weighted by molar-refractivity contribution is -0.117. The van der Waals surface area contributed by atoms with Crippen molar-refractivity contribution < 1.29 is 18.4 Å². The highest BCUT2D eigenvalue weighted by Gasteiger charge is 2.30. The molecule has 3 N–H and O–H groups in total. The molecule has 1 saturated heterocycles. The molecule has 196 valence electrons. The van der Waals surface area contributed by atoms with E-state index < -0.39 is 11.6 Å². The zero-order valence-electron chi connectivity index (χ0n) is 20.9. The second-order valence-electron chi connectivity index (χ2n) is 10.4. The first-order valence-electron chi connectivity index (χ1n) is 13.1. The van der Waals surface area contributed by atoms with E-state index in [1.54, 1.807) is 6.20 Å². The third-order valence-corrected chi connectivity index (χ3v) is 7.56. The van der Waals surface area contributed by atoms with Crippen molar-refractivity contribution in [2.24, 2.45) is 11.8 Å². The summed E-state index contributed by atoms with van der Waals surface area (Å²) < 4.78 is 26.9. The summed E-state index contributed by atoms with van der Waals surface area (Å²) in [7, 11) is 0. The number of rotatable bonds is 7. The molecule has 0 bridgehead atoms. The van der Waals surface area contributed by atoms with Crippen molar-refractivity contribution in [3.63, 3.8) is 0 Å². The van der Waals surface area contributed by atoms with Crippen LogP contribution in [0.1, 0.15) is 41.6 Å². The molecule has 2 aromatic heterocycles. The number of pyridine rings is 1. The first kappa shape index (κ1) is 24.5. The van der Waals surface area contributed by atoms with E-state index in [2.05, 4.69) is 25.5 Å². The molecule has 4 aromatic rings. The van der Waals surface area contributed by atoms with Gasteiger partial charge in [-0.3, -0.25) is 14.5 Å². The topological polar surface area (TPSA) is 90.1 Å². The molecule has 0 unspecified atom stereocenters. The zero-order valence-corrected chi connectivity index (χ0v) is 20.9. The lowest BCUT2D eigenvalue weighted by Crippen LogP contribution is -2.38. The Labute approximate surface area is 218 Å². The number of hydrogen-bond acceptors (Lipinski definition) is 4. The van der Waals surface area contributed by atoms with Crippen molar-refractivity contribution in [2.45, 2.75) is 32.2 Å². The van der Waals surface area contributed by atoms with Gasteiger partial charge in [0.05, 0.1) is 5.52 Å². The highest BCUT2D eigenvalue weighted by molar-refractivity contribution is 6.13. The highest BCUT2D eigenvalue weighted by Crippen LogP contribution is 2.33. The van der Waals surface area contributed by atoms with Gasteiger partial charge in [-0.15, -0.1) is 0 Å². The van der Waals surface area contributed by atoms with Gasteiger partial charge < -0.3 is 15.6 Å². The molecule has 38 heavy (non-hydrogen) atoms. The van der Waals surface area contributed by atoms with Gasteiger partial charge in [0, 0.05) is 53.1 Å². The van der Waals surface area contributed by atoms with E-state index in [1.807, 2.05) is 24.3 Å². The third-order valence-electron chi connectivity index (χ3n) is 7.56. The van der Waals surface area contributed by atoms with E-state index >= 15 is 0 Å². The van der Waals surface area contributed by atoms with Crippen molar-refractivity contribution in [1.29, 1.82) is 0 Å². The second-order valence-corrected chi connectivity index (χ2v) is 10.4. The highest BCUT2D eigenvalue weighted by atomic mass is 19.1. The van der Waals surface area contributed by atoms with E-state index in [0.717, 1.165) is 66.6 Å². The van der Waals surface area contributed by atoms with Crippen LogP contribution in [-0.4, -0.2) is 46.3 Å². The molecular weight excluding hydrogens is 488 g/mol. The normalized spacial score (nSPS) is 16.7. The number of likely N-dealkylation sites (tertiary alicyclic amines) is 1. The first-order chi connectivity index (χ1) is 18.4. The molecule has 7 nitrogen and oxygen atoms in total. The monoisotopic (exact) mass is 517 g/mol. The molecule has 2 aliphatic rings. The van der Waals surface area contributed by atoms with Gasteiger partial charge in [-0.05, 0) is 80.6 Å². The van der Waals surface area contributed by atoms with Crippen LogP contribution in [0.25, 0.3) is 21.8 Å². The Balaban J connectivity index is 1.06. The van der Waals surface area contributed by atoms with Gasteiger partial charge in [-0.25, -0.2) is 13.8 Å². The SMILES string of the molecule is O=C(NCC1CCN(Cc2cc(F)cc(F)c2)CC1)c1ccc2c(c1)[nH]c1c(NC(=O)C3CC3)nccc12. The molecular formula is C29H29F2N5O2. The maximum atomic E-state index is 13.5. The smallest absolute Gasteiger partial charge is 0.251 e. The number of aromatic amines is 1. The molecule has 2 amide bonds. The number of fused-ring (bicyclic) bond motifs is 3. The van der Waals surface area contributed by atoms with E-state index in [0.29, 0.717) is 36.0 Å². The Morgan fingerprint density at radius 3 is 2.47 bits per heavy atom. The zero-order chi connectivity index (χ0) is 26.2. The van der Waals surface area contributed by atoms with Gasteiger partial charge in [-0.2, -0.15) is 0 Å². The minimum Gasteiger partial charge on any atom is -0.352 e. The molecule has 0 atom stereocenters.